The number of benzene rings is 1. The van der Waals surface area contributed by atoms with Crippen molar-refractivity contribution in [3.05, 3.63) is 34.1 Å². The Morgan fingerprint density at radius 2 is 2.16 bits per heavy atom. The average molecular weight is 305 g/mol. The number of sulfonamides is 1. The number of nitro groups is 1. The van der Waals surface area contributed by atoms with Crippen molar-refractivity contribution < 1.29 is 17.7 Å². The molecule has 0 bridgehead atoms. The molecule has 0 aliphatic heterocycles. The first-order valence-corrected chi connectivity index (χ1v) is 6.77. The van der Waals surface area contributed by atoms with Gasteiger partial charge in [0.1, 0.15) is 0 Å². The highest BCUT2D eigenvalue weighted by Crippen LogP contribution is 2.22. The summed E-state index contributed by atoms with van der Waals surface area (Å²) in [5.74, 6) is -1.25. The molecule has 1 aromatic heterocycles. The van der Waals surface area contributed by atoms with Crippen molar-refractivity contribution in [3.63, 3.8) is 0 Å². The minimum atomic E-state index is -4.09. The van der Waals surface area contributed by atoms with Gasteiger partial charge in [0.25, 0.3) is 10.0 Å². The van der Waals surface area contributed by atoms with Crippen LogP contribution in [0.15, 0.2) is 23.1 Å². The predicted octanol–water partition coefficient (Wildman–Crippen LogP) is 0.781. The molecule has 0 unspecified atom stereocenters. The Labute approximate surface area is 109 Å². The van der Waals surface area contributed by atoms with Gasteiger partial charge in [0.05, 0.1) is 9.82 Å². The van der Waals surface area contributed by atoms with E-state index in [4.69, 9.17) is 0 Å². The van der Waals surface area contributed by atoms with Crippen LogP contribution in [0.2, 0.25) is 0 Å². The average Bonchev–Trinajstić information content (AvgIpc) is 2.80. The van der Waals surface area contributed by atoms with E-state index < -0.39 is 31.3 Å². The molecule has 1 heterocycles. The molecule has 0 fully saturated rings. The normalized spacial score (nSPS) is 11.2. The Hall–Kier alpha value is -2.21. The lowest BCUT2D eigenvalue weighted by Gasteiger charge is -2.04. The molecule has 0 radical (unpaired) electrons. The molecule has 100 valence electrons. The van der Waals surface area contributed by atoms with Gasteiger partial charge in [-0.2, -0.15) is 4.39 Å². The van der Waals surface area contributed by atoms with Gasteiger partial charge in [-0.25, -0.2) is 8.42 Å². The molecule has 12 heteroatoms. The fourth-order valence-electron chi connectivity index (χ4n) is 1.15. The number of rotatable bonds is 4. The van der Waals surface area contributed by atoms with E-state index in [9.17, 15) is 22.9 Å². The van der Waals surface area contributed by atoms with E-state index in [-0.39, 0.29) is 5.13 Å². The molecule has 19 heavy (non-hydrogen) atoms. The summed E-state index contributed by atoms with van der Waals surface area (Å²) in [6.07, 6.45) is 0. The number of nitrogens with one attached hydrogen (secondary N) is 1. The summed E-state index contributed by atoms with van der Waals surface area (Å²) in [6.45, 7) is 0. The van der Waals surface area contributed by atoms with Crippen molar-refractivity contribution in [1.82, 2.24) is 14.8 Å². The zero-order chi connectivity index (χ0) is 14.0. The molecule has 0 saturated carbocycles. The van der Waals surface area contributed by atoms with Gasteiger partial charge >= 0.3 is 5.69 Å². The molecule has 0 amide bonds. The van der Waals surface area contributed by atoms with Crippen LogP contribution in [0.3, 0.4) is 0 Å². The minimum absolute atomic E-state index is 0.0984. The maximum atomic E-state index is 13.3. The largest absolute Gasteiger partial charge is 0.304 e. The lowest BCUT2D eigenvalue weighted by molar-refractivity contribution is -0.387. The highest BCUT2D eigenvalue weighted by molar-refractivity contribution is 7.93. The fourth-order valence-corrected chi connectivity index (χ4v) is 2.75. The Morgan fingerprint density at radius 3 is 2.68 bits per heavy atom. The highest BCUT2D eigenvalue weighted by Gasteiger charge is 2.21. The van der Waals surface area contributed by atoms with Crippen LogP contribution in [0.5, 0.6) is 0 Å². The number of aromatic nitrogens is 3. The van der Waals surface area contributed by atoms with Crippen LogP contribution in [0, 0.1) is 15.9 Å². The first-order chi connectivity index (χ1) is 8.90. The standard InChI is InChI=1S/C7H4FN5O4S2/c8-5-3-4(1-2-6(5)13(14)15)19(16,17)10-7-9-11-12-18-7/h1-3H,(H,9,10,12). The second-order valence-electron chi connectivity index (χ2n) is 3.14. The molecule has 0 aliphatic carbocycles. The van der Waals surface area contributed by atoms with Crippen molar-refractivity contribution in [2.75, 3.05) is 4.72 Å². The quantitative estimate of drug-likeness (QED) is 0.652. The van der Waals surface area contributed by atoms with Crippen LogP contribution in [0.4, 0.5) is 15.2 Å². The molecule has 0 atom stereocenters. The van der Waals surface area contributed by atoms with Crippen LogP contribution in [0.25, 0.3) is 0 Å². The third kappa shape index (κ3) is 2.79. The zero-order valence-corrected chi connectivity index (χ0v) is 10.5. The van der Waals surface area contributed by atoms with Crippen LogP contribution in [-0.2, 0) is 10.0 Å². The van der Waals surface area contributed by atoms with E-state index >= 15 is 0 Å². The number of nitrogens with zero attached hydrogens (tertiary/aromatic N) is 4. The Balaban J connectivity index is 2.36. The van der Waals surface area contributed by atoms with Crippen molar-refractivity contribution in [2.45, 2.75) is 4.90 Å². The number of anilines is 1. The Morgan fingerprint density at radius 1 is 1.42 bits per heavy atom. The molecule has 1 aromatic carbocycles. The van der Waals surface area contributed by atoms with Gasteiger partial charge in [0.2, 0.25) is 10.9 Å². The third-order valence-corrected chi connectivity index (χ3v) is 3.92. The molecule has 0 saturated heterocycles. The molecule has 1 N–H and O–H groups in total. The maximum absolute atomic E-state index is 13.3. The van der Waals surface area contributed by atoms with Crippen LogP contribution >= 0.6 is 11.5 Å². The number of hydrogen-bond acceptors (Lipinski definition) is 8. The van der Waals surface area contributed by atoms with E-state index in [0.717, 1.165) is 12.1 Å². The summed E-state index contributed by atoms with van der Waals surface area (Å²) in [4.78, 5) is 9.00. The Kier molecular flexibility index (Phi) is 3.35. The summed E-state index contributed by atoms with van der Waals surface area (Å²) in [7, 11) is -4.09. The van der Waals surface area contributed by atoms with E-state index in [1.54, 1.807) is 0 Å². The summed E-state index contributed by atoms with van der Waals surface area (Å²) in [5.41, 5.74) is -0.809. The lowest BCUT2D eigenvalue weighted by Crippen LogP contribution is -2.13. The second-order valence-corrected chi connectivity index (χ2v) is 5.56. The van der Waals surface area contributed by atoms with Gasteiger partial charge in [0.15, 0.2) is 0 Å². The van der Waals surface area contributed by atoms with Gasteiger partial charge in [-0.1, -0.05) is 9.59 Å². The third-order valence-electron chi connectivity index (χ3n) is 1.95. The summed E-state index contributed by atoms with van der Waals surface area (Å²) < 4.78 is 42.3. The van der Waals surface area contributed by atoms with Crippen molar-refractivity contribution in [2.24, 2.45) is 0 Å². The summed E-state index contributed by atoms with van der Waals surface area (Å²) in [6, 6.07) is 2.23. The molecule has 9 nitrogen and oxygen atoms in total. The Bertz CT molecular complexity index is 717. The van der Waals surface area contributed by atoms with E-state index in [1.807, 2.05) is 4.72 Å². The van der Waals surface area contributed by atoms with Crippen LogP contribution in [-0.4, -0.2) is 28.1 Å². The maximum Gasteiger partial charge on any atom is 0.304 e. The number of halogens is 1. The van der Waals surface area contributed by atoms with Crippen molar-refractivity contribution in [1.29, 1.82) is 0 Å². The molecule has 2 aromatic rings. The summed E-state index contributed by atoms with van der Waals surface area (Å²) in [5, 5.41) is 16.9. The fraction of sp³-hybridized carbons (Fsp3) is 0. The van der Waals surface area contributed by atoms with Gasteiger partial charge in [-0.3, -0.25) is 14.8 Å². The monoisotopic (exact) mass is 305 g/mol. The van der Waals surface area contributed by atoms with E-state index in [0.29, 0.717) is 17.6 Å². The highest BCUT2D eigenvalue weighted by atomic mass is 32.2. The second kappa shape index (κ2) is 4.81. The van der Waals surface area contributed by atoms with Crippen molar-refractivity contribution >= 4 is 32.4 Å². The first-order valence-electron chi connectivity index (χ1n) is 4.52. The van der Waals surface area contributed by atoms with Gasteiger partial charge in [0, 0.05) is 23.7 Å². The topological polar surface area (TPSA) is 128 Å². The lowest BCUT2D eigenvalue weighted by atomic mass is 10.3. The number of hydrogen-bond donors (Lipinski definition) is 1. The molecule has 2 rings (SSSR count). The van der Waals surface area contributed by atoms with Gasteiger partial charge in [-0.05, 0) is 11.3 Å². The first kappa shape index (κ1) is 13.2. The van der Waals surface area contributed by atoms with Gasteiger partial charge in [-0.15, -0.1) is 0 Å². The molecule has 0 spiro atoms. The van der Waals surface area contributed by atoms with E-state index in [2.05, 4.69) is 14.8 Å². The summed E-state index contributed by atoms with van der Waals surface area (Å²) >= 11 is 0.692. The molecular formula is C7H4FN5O4S2. The molecular weight excluding hydrogens is 301 g/mol. The molecule has 0 aliphatic rings. The van der Waals surface area contributed by atoms with Gasteiger partial charge < -0.3 is 0 Å². The predicted molar refractivity (Wildman–Crippen MR) is 61.6 cm³/mol. The SMILES string of the molecule is O=[N+]([O-])c1ccc(S(=O)(=O)Nc2nnns2)cc1F. The van der Waals surface area contributed by atoms with Crippen LogP contribution < -0.4 is 4.72 Å². The minimum Gasteiger partial charge on any atom is -0.258 e. The van der Waals surface area contributed by atoms with Crippen molar-refractivity contribution in [3.8, 4) is 0 Å². The van der Waals surface area contributed by atoms with Crippen LogP contribution in [0.1, 0.15) is 0 Å². The van der Waals surface area contributed by atoms with E-state index in [1.165, 1.54) is 0 Å². The number of nitro benzene ring substituents is 1. The zero-order valence-electron chi connectivity index (χ0n) is 8.85. The smallest absolute Gasteiger partial charge is 0.258 e.